The maximum Gasteiger partial charge on any atom is 0.124 e. The van der Waals surface area contributed by atoms with Crippen LogP contribution < -0.4 is 10.6 Å². The van der Waals surface area contributed by atoms with Gasteiger partial charge in [-0.05, 0) is 36.4 Å². The third-order valence-corrected chi connectivity index (χ3v) is 2.58. The van der Waals surface area contributed by atoms with E-state index in [2.05, 4.69) is 10.6 Å². The van der Waals surface area contributed by atoms with E-state index in [4.69, 9.17) is 5.41 Å². The summed E-state index contributed by atoms with van der Waals surface area (Å²) < 4.78 is 13.5. The van der Waals surface area contributed by atoms with Crippen molar-refractivity contribution in [1.29, 1.82) is 5.41 Å². The lowest BCUT2D eigenvalue weighted by Crippen LogP contribution is -2.13. The lowest BCUT2D eigenvalue weighted by molar-refractivity contribution is 0.325. The first kappa shape index (κ1) is 14.3. The molecule has 98 valence electrons. The first-order chi connectivity index (χ1) is 8.65. The van der Waals surface area contributed by atoms with Crippen LogP contribution in [0.2, 0.25) is 0 Å². The molecule has 0 unspecified atom stereocenters. The Morgan fingerprint density at radius 2 is 2.11 bits per heavy atom. The molecule has 4 N–H and O–H groups in total. The second-order valence-electron chi connectivity index (χ2n) is 3.82. The van der Waals surface area contributed by atoms with Gasteiger partial charge in [0.15, 0.2) is 0 Å². The zero-order chi connectivity index (χ0) is 13.5. The van der Waals surface area contributed by atoms with Crippen molar-refractivity contribution in [3.05, 3.63) is 40.8 Å². The van der Waals surface area contributed by atoms with Gasteiger partial charge in [-0.25, -0.2) is 4.39 Å². The molecular formula is C13H18FN3O. The van der Waals surface area contributed by atoms with E-state index in [9.17, 15) is 9.50 Å². The molecule has 0 saturated carbocycles. The topological polar surface area (TPSA) is 68.1 Å². The molecule has 0 aliphatic carbocycles. The van der Waals surface area contributed by atoms with Gasteiger partial charge in [0.2, 0.25) is 0 Å². The summed E-state index contributed by atoms with van der Waals surface area (Å²) in [6, 6.07) is 4.60. The molecule has 5 heteroatoms. The molecule has 0 aliphatic heterocycles. The van der Waals surface area contributed by atoms with E-state index in [1.807, 2.05) is 0 Å². The summed E-state index contributed by atoms with van der Waals surface area (Å²) in [4.78, 5) is 0. The Hall–Kier alpha value is -1.72. The Bertz CT molecular complexity index is 452. The fraction of sp³-hybridized carbons (Fsp3) is 0.308. The maximum atomic E-state index is 13.5. The van der Waals surface area contributed by atoms with Crippen molar-refractivity contribution in [2.75, 3.05) is 20.7 Å². The highest BCUT2D eigenvalue weighted by Crippen LogP contribution is 2.19. The first-order valence-electron chi connectivity index (χ1n) is 5.63. The van der Waals surface area contributed by atoms with Crippen LogP contribution in [0.3, 0.4) is 0 Å². The number of hydrogen-bond donors (Lipinski definition) is 4. The highest BCUT2D eigenvalue weighted by atomic mass is 19.1. The monoisotopic (exact) mass is 251 g/mol. The predicted molar refractivity (Wildman–Crippen MR) is 71.0 cm³/mol. The Kier molecular flexibility index (Phi) is 5.48. The van der Waals surface area contributed by atoms with Crippen molar-refractivity contribution in [3.8, 4) is 0 Å². The summed E-state index contributed by atoms with van der Waals surface area (Å²) >= 11 is 0. The lowest BCUT2D eigenvalue weighted by Gasteiger charge is -2.11. The number of aliphatic hydroxyl groups excluding tert-OH is 1. The molecule has 0 heterocycles. The van der Waals surface area contributed by atoms with Crippen molar-refractivity contribution in [2.24, 2.45) is 0 Å². The fourth-order valence-corrected chi connectivity index (χ4v) is 1.76. The smallest absolute Gasteiger partial charge is 0.124 e. The van der Waals surface area contributed by atoms with Gasteiger partial charge in [0, 0.05) is 31.1 Å². The Morgan fingerprint density at radius 1 is 1.39 bits per heavy atom. The predicted octanol–water partition coefficient (Wildman–Crippen LogP) is 1.12. The zero-order valence-corrected chi connectivity index (χ0v) is 10.5. The summed E-state index contributed by atoms with van der Waals surface area (Å²) in [6.45, 7) is 0.323. The van der Waals surface area contributed by atoms with Crippen LogP contribution >= 0.6 is 0 Å². The highest BCUT2D eigenvalue weighted by Gasteiger charge is 2.08. The van der Waals surface area contributed by atoms with Crippen LogP contribution in [0.25, 0.3) is 5.57 Å². The average molecular weight is 251 g/mol. The number of rotatable bonds is 6. The number of benzene rings is 1. The van der Waals surface area contributed by atoms with Crippen molar-refractivity contribution in [2.45, 2.75) is 6.54 Å². The molecule has 0 aromatic heterocycles. The Morgan fingerprint density at radius 3 is 2.61 bits per heavy atom. The number of hydrogen-bond acceptors (Lipinski definition) is 4. The molecule has 0 saturated heterocycles. The summed E-state index contributed by atoms with van der Waals surface area (Å²) in [6.07, 6.45) is 1.11. The van der Waals surface area contributed by atoms with Crippen LogP contribution in [0.5, 0.6) is 0 Å². The van der Waals surface area contributed by atoms with Gasteiger partial charge in [-0.2, -0.15) is 0 Å². The Labute approximate surface area is 106 Å². The molecule has 0 atom stereocenters. The molecule has 0 aliphatic rings. The molecule has 0 spiro atoms. The molecule has 0 fully saturated rings. The minimum Gasteiger partial charge on any atom is -0.390 e. The summed E-state index contributed by atoms with van der Waals surface area (Å²) in [5.74, 6) is -0.356. The number of nitrogens with one attached hydrogen (secondary N) is 3. The van der Waals surface area contributed by atoms with Gasteiger partial charge < -0.3 is 21.1 Å². The molecule has 1 rings (SSSR count). The van der Waals surface area contributed by atoms with Crippen LogP contribution in [0, 0.1) is 11.2 Å². The summed E-state index contributed by atoms with van der Waals surface area (Å²) in [5.41, 5.74) is 2.34. The van der Waals surface area contributed by atoms with E-state index in [1.165, 1.54) is 12.1 Å². The second-order valence-corrected chi connectivity index (χ2v) is 3.82. The number of aliphatic hydroxyl groups is 1. The van der Waals surface area contributed by atoms with Crippen LogP contribution in [-0.4, -0.2) is 32.0 Å². The number of allylic oxidation sites excluding steroid dienone is 1. The van der Waals surface area contributed by atoms with E-state index < -0.39 is 0 Å². The highest BCUT2D eigenvalue weighted by molar-refractivity contribution is 6.09. The molecular weight excluding hydrogens is 233 g/mol. The fourth-order valence-electron chi connectivity index (χ4n) is 1.76. The van der Waals surface area contributed by atoms with Crippen LogP contribution in [0.1, 0.15) is 11.1 Å². The standard InChI is InChI=1S/C13H18FN3O/c1-16-7-9-3-10(5-11(14)4-9)12(6-15)13(8-18)17-2/h3-6,15-18H,7-8H2,1-2H3/b13-12+,15-6?. The van der Waals surface area contributed by atoms with E-state index in [0.29, 0.717) is 23.4 Å². The lowest BCUT2D eigenvalue weighted by atomic mass is 10.0. The van der Waals surface area contributed by atoms with Crippen molar-refractivity contribution in [3.63, 3.8) is 0 Å². The van der Waals surface area contributed by atoms with Crippen molar-refractivity contribution < 1.29 is 9.50 Å². The molecule has 1 aromatic carbocycles. The quantitative estimate of drug-likeness (QED) is 0.573. The SMILES string of the molecule is CNCc1cc(F)cc(/C(C=N)=C(\CO)NC)c1. The van der Waals surface area contributed by atoms with Gasteiger partial charge in [-0.3, -0.25) is 0 Å². The first-order valence-corrected chi connectivity index (χ1v) is 5.63. The van der Waals surface area contributed by atoms with Crippen molar-refractivity contribution in [1.82, 2.24) is 10.6 Å². The third-order valence-electron chi connectivity index (χ3n) is 2.58. The summed E-state index contributed by atoms with van der Waals surface area (Å²) in [5, 5.41) is 22.4. The van der Waals surface area contributed by atoms with Gasteiger partial charge in [-0.15, -0.1) is 0 Å². The molecule has 0 amide bonds. The largest absolute Gasteiger partial charge is 0.390 e. The molecule has 1 aromatic rings. The molecule has 0 radical (unpaired) electrons. The molecule has 18 heavy (non-hydrogen) atoms. The second kappa shape index (κ2) is 6.88. The minimum absolute atomic E-state index is 0.223. The van der Waals surface area contributed by atoms with E-state index in [1.54, 1.807) is 20.2 Å². The Balaban J connectivity index is 3.29. The van der Waals surface area contributed by atoms with Crippen molar-refractivity contribution >= 4 is 11.8 Å². The minimum atomic E-state index is -0.356. The normalized spacial score (nSPS) is 12.0. The van der Waals surface area contributed by atoms with E-state index in [-0.39, 0.29) is 12.4 Å². The summed E-state index contributed by atoms with van der Waals surface area (Å²) in [7, 11) is 3.44. The maximum absolute atomic E-state index is 13.5. The van der Waals surface area contributed by atoms with Gasteiger partial charge in [0.25, 0.3) is 0 Å². The van der Waals surface area contributed by atoms with Crippen LogP contribution in [-0.2, 0) is 6.54 Å². The van der Waals surface area contributed by atoms with Crippen LogP contribution in [0.15, 0.2) is 23.9 Å². The van der Waals surface area contributed by atoms with E-state index >= 15 is 0 Å². The van der Waals surface area contributed by atoms with Gasteiger partial charge in [-0.1, -0.05) is 0 Å². The molecule has 4 nitrogen and oxygen atoms in total. The zero-order valence-electron chi connectivity index (χ0n) is 10.5. The van der Waals surface area contributed by atoms with Gasteiger partial charge in [0.1, 0.15) is 5.82 Å². The third kappa shape index (κ3) is 3.38. The average Bonchev–Trinajstić information content (AvgIpc) is 2.35. The number of likely N-dealkylation sites (N-methyl/N-ethyl adjacent to an activating group) is 1. The van der Waals surface area contributed by atoms with Gasteiger partial charge >= 0.3 is 0 Å². The van der Waals surface area contributed by atoms with Crippen LogP contribution in [0.4, 0.5) is 4.39 Å². The number of halogens is 1. The molecule has 0 bridgehead atoms. The van der Waals surface area contributed by atoms with Gasteiger partial charge in [0.05, 0.1) is 6.61 Å². The van der Waals surface area contributed by atoms with E-state index in [0.717, 1.165) is 11.8 Å².